The van der Waals surface area contributed by atoms with E-state index in [-0.39, 0.29) is 0 Å². The van der Waals surface area contributed by atoms with Gasteiger partial charge in [-0.2, -0.15) is 5.10 Å². The highest BCUT2D eigenvalue weighted by Gasteiger charge is 2.13. The maximum Gasteiger partial charge on any atom is 0.179 e. The van der Waals surface area contributed by atoms with Gasteiger partial charge in [-0.15, -0.1) is 0 Å². The first-order valence-electron chi connectivity index (χ1n) is 6.99. The molecule has 1 N–H and O–H groups in total. The van der Waals surface area contributed by atoms with Crippen molar-refractivity contribution in [2.75, 3.05) is 0 Å². The van der Waals surface area contributed by atoms with E-state index in [1.165, 1.54) is 5.56 Å². The van der Waals surface area contributed by atoms with Crippen LogP contribution >= 0.6 is 23.8 Å². The highest BCUT2D eigenvalue weighted by molar-refractivity contribution is 7.71. The van der Waals surface area contributed by atoms with Gasteiger partial charge in [0.25, 0.3) is 0 Å². The van der Waals surface area contributed by atoms with E-state index in [0.717, 1.165) is 46.0 Å². The number of halogens is 1. The molecule has 0 fully saturated rings. The number of aromatic amines is 1. The van der Waals surface area contributed by atoms with Gasteiger partial charge in [-0.3, -0.25) is 4.68 Å². The molecule has 0 aliphatic heterocycles. The fourth-order valence-electron chi connectivity index (χ4n) is 2.62. The summed E-state index contributed by atoms with van der Waals surface area (Å²) >= 11 is 11.4. The third-order valence-electron chi connectivity index (χ3n) is 3.69. The van der Waals surface area contributed by atoms with E-state index in [0.29, 0.717) is 0 Å². The van der Waals surface area contributed by atoms with E-state index < -0.39 is 0 Å². The molecular weight excluding hydrogens is 304 g/mol. The lowest BCUT2D eigenvalue weighted by molar-refractivity contribution is 0.662. The third-order valence-corrected chi connectivity index (χ3v) is 4.27. The van der Waals surface area contributed by atoms with Crippen LogP contribution in [0, 0.1) is 4.77 Å². The van der Waals surface area contributed by atoms with Crippen molar-refractivity contribution in [1.29, 1.82) is 0 Å². The van der Waals surface area contributed by atoms with Crippen LogP contribution < -0.4 is 0 Å². The Bertz CT molecular complexity index is 826. The molecule has 1 aromatic carbocycles. The monoisotopic (exact) mass is 320 g/mol. The smallest absolute Gasteiger partial charge is 0.179 e. The number of hydrogen-bond donors (Lipinski definition) is 1. The number of aromatic nitrogens is 4. The molecule has 110 valence electrons. The molecule has 0 unspecified atom stereocenters. The van der Waals surface area contributed by atoms with E-state index in [2.05, 4.69) is 33.7 Å². The Morgan fingerprint density at radius 3 is 2.67 bits per heavy atom. The van der Waals surface area contributed by atoms with Crippen LogP contribution in [0.25, 0.3) is 11.2 Å². The second kappa shape index (κ2) is 5.66. The molecule has 21 heavy (non-hydrogen) atoms. The first-order chi connectivity index (χ1) is 10.1. The van der Waals surface area contributed by atoms with Crippen LogP contribution in [0.4, 0.5) is 0 Å². The van der Waals surface area contributed by atoms with E-state index in [1.807, 2.05) is 23.9 Å². The molecular formula is C15H17ClN4S. The van der Waals surface area contributed by atoms with Crippen LogP contribution in [0.15, 0.2) is 24.3 Å². The van der Waals surface area contributed by atoms with Crippen LogP contribution in [0.1, 0.15) is 18.2 Å². The molecule has 0 atom stereocenters. The largest absolute Gasteiger partial charge is 0.328 e. The van der Waals surface area contributed by atoms with Crippen molar-refractivity contribution in [2.45, 2.75) is 26.3 Å². The van der Waals surface area contributed by atoms with Crippen LogP contribution in [-0.4, -0.2) is 19.3 Å². The highest BCUT2D eigenvalue weighted by Crippen LogP contribution is 2.19. The normalized spacial score (nSPS) is 11.4. The lowest BCUT2D eigenvalue weighted by Crippen LogP contribution is -2.05. The predicted molar refractivity (Wildman–Crippen MR) is 88.4 cm³/mol. The van der Waals surface area contributed by atoms with Crippen molar-refractivity contribution in [1.82, 2.24) is 19.3 Å². The molecule has 0 aliphatic rings. The molecule has 0 saturated heterocycles. The summed E-state index contributed by atoms with van der Waals surface area (Å²) in [5.41, 5.74) is 4.42. The minimum absolute atomic E-state index is 0.752. The van der Waals surface area contributed by atoms with Crippen LogP contribution in [-0.2, 0) is 26.4 Å². The van der Waals surface area contributed by atoms with Gasteiger partial charge >= 0.3 is 0 Å². The predicted octanol–water partition coefficient (Wildman–Crippen LogP) is 3.89. The number of imidazole rings is 1. The maximum atomic E-state index is 5.92. The van der Waals surface area contributed by atoms with E-state index in [9.17, 15) is 0 Å². The molecule has 0 saturated carbocycles. The Morgan fingerprint density at radius 2 is 2.00 bits per heavy atom. The fourth-order valence-corrected chi connectivity index (χ4v) is 3.03. The molecule has 0 bridgehead atoms. The first-order valence-corrected chi connectivity index (χ1v) is 7.77. The Kier molecular flexibility index (Phi) is 3.87. The number of rotatable bonds is 4. The van der Waals surface area contributed by atoms with Gasteiger partial charge in [0.05, 0.1) is 5.69 Å². The number of aryl methyl sites for hydroxylation is 4. The molecule has 0 radical (unpaired) electrons. The summed E-state index contributed by atoms with van der Waals surface area (Å²) in [7, 11) is 1.96. The van der Waals surface area contributed by atoms with Gasteiger partial charge in [-0.1, -0.05) is 30.7 Å². The van der Waals surface area contributed by atoms with Gasteiger partial charge in [-0.05, 0) is 42.8 Å². The fraction of sp³-hybridized carbons (Fsp3) is 0.333. The number of nitrogens with one attached hydrogen (secondary N) is 1. The van der Waals surface area contributed by atoms with Gasteiger partial charge in [0.2, 0.25) is 0 Å². The van der Waals surface area contributed by atoms with Crippen molar-refractivity contribution >= 4 is 35.0 Å². The zero-order chi connectivity index (χ0) is 15.0. The Hall–Kier alpha value is -1.59. The number of H-pyrrole nitrogens is 1. The third kappa shape index (κ3) is 2.63. The lowest BCUT2D eigenvalue weighted by atomic mass is 10.1. The van der Waals surface area contributed by atoms with Crippen molar-refractivity contribution in [2.24, 2.45) is 7.05 Å². The molecule has 0 spiro atoms. The first kappa shape index (κ1) is 14.4. The molecule has 2 aromatic heterocycles. The summed E-state index contributed by atoms with van der Waals surface area (Å²) in [6.45, 7) is 2.92. The average molecular weight is 321 g/mol. The van der Waals surface area contributed by atoms with Crippen molar-refractivity contribution < 1.29 is 0 Å². The summed E-state index contributed by atoms with van der Waals surface area (Å²) in [6.07, 6.45) is 1.80. The lowest BCUT2D eigenvalue weighted by Gasteiger charge is -2.05. The van der Waals surface area contributed by atoms with Crippen molar-refractivity contribution in [3.8, 4) is 0 Å². The summed E-state index contributed by atoms with van der Waals surface area (Å²) in [5, 5.41) is 5.30. The van der Waals surface area contributed by atoms with Crippen LogP contribution in [0.3, 0.4) is 0 Å². The number of nitrogens with zero attached hydrogens (tertiary/aromatic N) is 3. The summed E-state index contributed by atoms with van der Waals surface area (Å²) < 4.78 is 4.77. The van der Waals surface area contributed by atoms with E-state index >= 15 is 0 Å². The Balaban J connectivity index is 1.93. The van der Waals surface area contributed by atoms with Gasteiger partial charge in [0.15, 0.2) is 10.4 Å². The molecule has 3 rings (SSSR count). The van der Waals surface area contributed by atoms with E-state index in [1.54, 1.807) is 0 Å². The standard InChI is InChI=1S/C15H17ClN4S/c1-3-12-13-14(19(2)18-12)20(15(21)17-13)9-8-10-4-6-11(16)7-5-10/h4-7H,3,8-9H2,1-2H3,(H,17,21). The van der Waals surface area contributed by atoms with Crippen molar-refractivity contribution in [3.05, 3.63) is 45.3 Å². The summed E-state index contributed by atoms with van der Waals surface area (Å²) in [6, 6.07) is 7.94. The highest BCUT2D eigenvalue weighted by atomic mass is 35.5. The minimum atomic E-state index is 0.752. The maximum absolute atomic E-state index is 5.92. The zero-order valence-corrected chi connectivity index (χ0v) is 13.6. The molecule has 6 heteroatoms. The molecule has 0 aliphatic carbocycles. The quantitative estimate of drug-likeness (QED) is 0.741. The second-order valence-electron chi connectivity index (χ2n) is 5.08. The molecule has 0 amide bonds. The SMILES string of the molecule is CCc1nn(C)c2c1[nH]c(=S)n2CCc1ccc(Cl)cc1. The summed E-state index contributed by atoms with van der Waals surface area (Å²) in [4.78, 5) is 3.29. The topological polar surface area (TPSA) is 38.5 Å². The number of fused-ring (bicyclic) bond motifs is 1. The number of hydrogen-bond acceptors (Lipinski definition) is 2. The average Bonchev–Trinajstić information content (AvgIpc) is 2.95. The minimum Gasteiger partial charge on any atom is -0.328 e. The van der Waals surface area contributed by atoms with E-state index in [4.69, 9.17) is 23.8 Å². The van der Waals surface area contributed by atoms with Gasteiger partial charge in [0.1, 0.15) is 5.52 Å². The van der Waals surface area contributed by atoms with Crippen LogP contribution in [0.5, 0.6) is 0 Å². The molecule has 3 aromatic rings. The summed E-state index contributed by atoms with van der Waals surface area (Å²) in [5.74, 6) is 0. The Morgan fingerprint density at radius 1 is 1.29 bits per heavy atom. The van der Waals surface area contributed by atoms with Gasteiger partial charge in [0, 0.05) is 18.6 Å². The zero-order valence-electron chi connectivity index (χ0n) is 12.1. The van der Waals surface area contributed by atoms with Gasteiger partial charge in [-0.25, -0.2) is 0 Å². The Labute approximate surface area is 133 Å². The van der Waals surface area contributed by atoms with Gasteiger partial charge < -0.3 is 9.55 Å². The molecule has 4 nitrogen and oxygen atoms in total. The second-order valence-corrected chi connectivity index (χ2v) is 5.90. The number of benzene rings is 1. The molecule has 2 heterocycles. The van der Waals surface area contributed by atoms with Crippen molar-refractivity contribution in [3.63, 3.8) is 0 Å². The van der Waals surface area contributed by atoms with Crippen LogP contribution in [0.2, 0.25) is 5.02 Å².